The molecule has 21 heavy (non-hydrogen) atoms. The van der Waals surface area contributed by atoms with Crippen molar-refractivity contribution in [2.75, 3.05) is 12.9 Å². The Morgan fingerprint density at radius 2 is 1.81 bits per heavy atom. The largest absolute Gasteiger partial charge is 0.484 e. The lowest BCUT2D eigenvalue weighted by Gasteiger charge is -2.15. The topological polar surface area (TPSA) is 38.3 Å². The molecule has 0 saturated carbocycles. The van der Waals surface area contributed by atoms with Crippen molar-refractivity contribution in [2.24, 2.45) is 0 Å². The number of benzene rings is 2. The summed E-state index contributed by atoms with van der Waals surface area (Å²) in [6, 6.07) is 17.5. The third kappa shape index (κ3) is 4.83. The van der Waals surface area contributed by atoms with Gasteiger partial charge in [-0.15, -0.1) is 11.8 Å². The van der Waals surface area contributed by atoms with Gasteiger partial charge in [0.25, 0.3) is 5.91 Å². The second-order valence-electron chi connectivity index (χ2n) is 4.66. The molecule has 0 fully saturated rings. The van der Waals surface area contributed by atoms with Gasteiger partial charge in [0.15, 0.2) is 6.61 Å². The molecule has 2 aromatic rings. The zero-order valence-electron chi connectivity index (χ0n) is 12.2. The number of ether oxygens (including phenoxy) is 1. The lowest BCUT2D eigenvalue weighted by atomic mass is 10.1. The van der Waals surface area contributed by atoms with E-state index in [-0.39, 0.29) is 18.6 Å². The van der Waals surface area contributed by atoms with Gasteiger partial charge < -0.3 is 10.1 Å². The van der Waals surface area contributed by atoms with Crippen LogP contribution in [0.2, 0.25) is 0 Å². The lowest BCUT2D eigenvalue weighted by molar-refractivity contribution is -0.123. The molecule has 2 rings (SSSR count). The fourth-order valence-electron chi connectivity index (χ4n) is 1.92. The molecule has 0 spiro atoms. The van der Waals surface area contributed by atoms with Crippen molar-refractivity contribution >= 4 is 17.7 Å². The van der Waals surface area contributed by atoms with Crippen LogP contribution in [0.25, 0.3) is 0 Å². The molecule has 0 radical (unpaired) electrons. The Balaban J connectivity index is 1.83. The standard InChI is InChI=1S/C17H19NO2S/c1-13(14-8-10-16(21-2)11-9-14)18-17(19)12-20-15-6-4-3-5-7-15/h3-11,13H,12H2,1-2H3,(H,18,19)/t13-/m1/s1. The fourth-order valence-corrected chi connectivity index (χ4v) is 2.33. The summed E-state index contributed by atoms with van der Waals surface area (Å²) in [6.07, 6.45) is 2.04. The maximum atomic E-state index is 11.9. The molecular weight excluding hydrogens is 282 g/mol. The molecule has 0 saturated heterocycles. The van der Waals surface area contributed by atoms with Crippen LogP contribution in [-0.4, -0.2) is 18.8 Å². The Morgan fingerprint density at radius 3 is 2.43 bits per heavy atom. The van der Waals surface area contributed by atoms with E-state index in [0.717, 1.165) is 5.56 Å². The van der Waals surface area contributed by atoms with E-state index in [1.54, 1.807) is 11.8 Å². The Hall–Kier alpha value is -1.94. The summed E-state index contributed by atoms with van der Waals surface area (Å²) in [4.78, 5) is 13.1. The summed E-state index contributed by atoms with van der Waals surface area (Å²) < 4.78 is 5.43. The molecule has 0 aliphatic rings. The first-order valence-corrected chi connectivity index (χ1v) is 8.02. The summed E-state index contributed by atoms with van der Waals surface area (Å²) in [6.45, 7) is 1.99. The maximum absolute atomic E-state index is 11.9. The number of rotatable bonds is 6. The molecule has 110 valence electrons. The predicted octanol–water partition coefficient (Wildman–Crippen LogP) is 3.66. The highest BCUT2D eigenvalue weighted by atomic mass is 32.2. The van der Waals surface area contributed by atoms with Gasteiger partial charge in [-0.1, -0.05) is 30.3 Å². The van der Waals surface area contributed by atoms with Gasteiger partial charge in [-0.25, -0.2) is 0 Å². The maximum Gasteiger partial charge on any atom is 0.258 e. The molecule has 0 aliphatic carbocycles. The smallest absolute Gasteiger partial charge is 0.258 e. The van der Waals surface area contributed by atoms with Crippen molar-refractivity contribution < 1.29 is 9.53 Å². The van der Waals surface area contributed by atoms with E-state index in [2.05, 4.69) is 17.4 Å². The fraction of sp³-hybridized carbons (Fsp3) is 0.235. The van der Waals surface area contributed by atoms with E-state index in [1.807, 2.05) is 55.6 Å². The van der Waals surface area contributed by atoms with Crippen molar-refractivity contribution in [3.63, 3.8) is 0 Å². The summed E-state index contributed by atoms with van der Waals surface area (Å²) in [5.41, 5.74) is 1.08. The van der Waals surface area contributed by atoms with E-state index in [1.165, 1.54) is 4.90 Å². The number of thioether (sulfide) groups is 1. The van der Waals surface area contributed by atoms with Gasteiger partial charge >= 0.3 is 0 Å². The van der Waals surface area contributed by atoms with Gasteiger partial charge in [-0.05, 0) is 43.0 Å². The van der Waals surface area contributed by atoms with Crippen LogP contribution in [0.3, 0.4) is 0 Å². The highest BCUT2D eigenvalue weighted by Crippen LogP contribution is 2.18. The van der Waals surface area contributed by atoms with E-state index in [0.29, 0.717) is 5.75 Å². The first-order valence-electron chi connectivity index (χ1n) is 6.80. The Morgan fingerprint density at radius 1 is 1.14 bits per heavy atom. The van der Waals surface area contributed by atoms with Gasteiger partial charge in [-0.2, -0.15) is 0 Å². The quantitative estimate of drug-likeness (QED) is 0.827. The van der Waals surface area contributed by atoms with Gasteiger partial charge in [0.2, 0.25) is 0 Å². The number of amides is 1. The van der Waals surface area contributed by atoms with Crippen LogP contribution in [0.5, 0.6) is 5.75 Å². The second kappa shape index (κ2) is 7.74. The SMILES string of the molecule is CSc1ccc([C@@H](C)NC(=O)COc2ccccc2)cc1. The first kappa shape index (κ1) is 15.4. The van der Waals surface area contributed by atoms with Crippen LogP contribution in [-0.2, 0) is 4.79 Å². The van der Waals surface area contributed by atoms with E-state index >= 15 is 0 Å². The van der Waals surface area contributed by atoms with Crippen LogP contribution >= 0.6 is 11.8 Å². The van der Waals surface area contributed by atoms with Crippen LogP contribution in [0.4, 0.5) is 0 Å². The molecule has 1 amide bonds. The molecule has 3 nitrogen and oxygen atoms in total. The van der Waals surface area contributed by atoms with Crippen LogP contribution in [0.15, 0.2) is 59.5 Å². The summed E-state index contributed by atoms with van der Waals surface area (Å²) >= 11 is 1.70. The second-order valence-corrected chi connectivity index (χ2v) is 5.54. The van der Waals surface area contributed by atoms with Crippen LogP contribution in [0.1, 0.15) is 18.5 Å². The summed E-state index contributed by atoms with van der Waals surface area (Å²) in [5.74, 6) is 0.574. The third-order valence-electron chi connectivity index (χ3n) is 3.11. The number of nitrogens with one attached hydrogen (secondary N) is 1. The van der Waals surface area contributed by atoms with Gasteiger partial charge in [0.1, 0.15) is 5.75 Å². The van der Waals surface area contributed by atoms with E-state index in [9.17, 15) is 4.79 Å². The van der Waals surface area contributed by atoms with Gasteiger partial charge in [0.05, 0.1) is 6.04 Å². The molecule has 0 bridgehead atoms. The molecule has 0 unspecified atom stereocenters. The summed E-state index contributed by atoms with van der Waals surface area (Å²) in [7, 11) is 0. The monoisotopic (exact) mass is 301 g/mol. The van der Waals surface area contributed by atoms with E-state index < -0.39 is 0 Å². The number of hydrogen-bond donors (Lipinski definition) is 1. The van der Waals surface area contributed by atoms with Crippen LogP contribution in [0, 0.1) is 0 Å². The molecule has 1 N–H and O–H groups in total. The van der Waals surface area contributed by atoms with Crippen LogP contribution < -0.4 is 10.1 Å². The molecule has 0 aliphatic heterocycles. The molecular formula is C17H19NO2S. The number of hydrogen-bond acceptors (Lipinski definition) is 3. The van der Waals surface area contributed by atoms with Crippen molar-refractivity contribution in [3.8, 4) is 5.75 Å². The number of carbonyl (C=O) groups is 1. The average molecular weight is 301 g/mol. The highest BCUT2D eigenvalue weighted by Gasteiger charge is 2.10. The third-order valence-corrected chi connectivity index (χ3v) is 3.85. The normalized spacial score (nSPS) is 11.7. The van der Waals surface area contributed by atoms with Crippen molar-refractivity contribution in [1.29, 1.82) is 0 Å². The molecule has 0 heterocycles. The van der Waals surface area contributed by atoms with Crippen molar-refractivity contribution in [2.45, 2.75) is 17.9 Å². The number of para-hydroxylation sites is 1. The zero-order chi connectivity index (χ0) is 15.1. The highest BCUT2D eigenvalue weighted by molar-refractivity contribution is 7.98. The Labute approximate surface area is 129 Å². The molecule has 1 atom stereocenters. The first-order chi connectivity index (χ1) is 10.2. The predicted molar refractivity (Wildman–Crippen MR) is 86.7 cm³/mol. The number of carbonyl (C=O) groups excluding carboxylic acids is 1. The van der Waals surface area contributed by atoms with Crippen molar-refractivity contribution in [1.82, 2.24) is 5.32 Å². The molecule has 4 heteroatoms. The zero-order valence-corrected chi connectivity index (χ0v) is 13.0. The lowest BCUT2D eigenvalue weighted by Crippen LogP contribution is -2.31. The van der Waals surface area contributed by atoms with Gasteiger partial charge in [0, 0.05) is 4.90 Å². The minimum Gasteiger partial charge on any atom is -0.484 e. The summed E-state index contributed by atoms with van der Waals surface area (Å²) in [5, 5.41) is 2.93. The van der Waals surface area contributed by atoms with Gasteiger partial charge in [-0.3, -0.25) is 4.79 Å². The molecule has 2 aromatic carbocycles. The molecule has 0 aromatic heterocycles. The minimum atomic E-state index is -0.125. The Kier molecular flexibility index (Phi) is 5.69. The van der Waals surface area contributed by atoms with E-state index in [4.69, 9.17) is 4.74 Å². The Bertz CT molecular complexity index is 569. The average Bonchev–Trinajstić information content (AvgIpc) is 2.54. The van der Waals surface area contributed by atoms with Crippen molar-refractivity contribution in [3.05, 3.63) is 60.2 Å². The minimum absolute atomic E-state index is 0.0250.